The number of ether oxygens (including phenoxy) is 1. The van der Waals surface area contributed by atoms with Gasteiger partial charge in [-0.2, -0.15) is 0 Å². The maximum absolute atomic E-state index is 5.27. The predicted octanol–water partition coefficient (Wildman–Crippen LogP) is 4.72. The lowest BCUT2D eigenvalue weighted by atomic mass is 10.0. The summed E-state index contributed by atoms with van der Waals surface area (Å²) in [5.41, 5.74) is 1.10. The zero-order chi connectivity index (χ0) is 19.1. The fraction of sp³-hybridized carbons (Fsp3) is 0.619. The van der Waals surface area contributed by atoms with Crippen molar-refractivity contribution in [2.24, 2.45) is 0 Å². The van der Waals surface area contributed by atoms with Crippen molar-refractivity contribution in [3.8, 4) is 17.1 Å². The molecule has 0 amide bonds. The van der Waals surface area contributed by atoms with Gasteiger partial charge >= 0.3 is 0 Å². The Labute approximate surface area is 167 Å². The van der Waals surface area contributed by atoms with Crippen LogP contribution in [0.2, 0.25) is 0 Å². The van der Waals surface area contributed by atoms with Crippen LogP contribution in [0.15, 0.2) is 29.4 Å². The Balaban J connectivity index is 1.69. The van der Waals surface area contributed by atoms with Crippen LogP contribution >= 0.6 is 11.8 Å². The molecule has 0 bridgehead atoms. The summed E-state index contributed by atoms with van der Waals surface area (Å²) in [6, 6.07) is 8.83. The van der Waals surface area contributed by atoms with Crippen molar-refractivity contribution in [1.82, 2.24) is 19.7 Å². The fourth-order valence-electron chi connectivity index (χ4n) is 3.66. The lowest BCUT2D eigenvalue weighted by Gasteiger charge is -2.32. The number of hydrogen-bond acceptors (Lipinski definition) is 5. The average Bonchev–Trinajstić information content (AvgIpc) is 3.10. The molecule has 1 fully saturated rings. The zero-order valence-corrected chi connectivity index (χ0v) is 17.7. The van der Waals surface area contributed by atoms with E-state index in [-0.39, 0.29) is 0 Å². The number of thioether (sulfide) groups is 1. The van der Waals surface area contributed by atoms with E-state index in [0.29, 0.717) is 0 Å². The monoisotopic (exact) mass is 388 g/mol. The van der Waals surface area contributed by atoms with Crippen molar-refractivity contribution < 1.29 is 4.74 Å². The molecule has 1 aliphatic rings. The van der Waals surface area contributed by atoms with Gasteiger partial charge in [-0.3, -0.25) is 0 Å². The molecule has 148 valence electrons. The Bertz CT molecular complexity index is 701. The molecule has 0 aliphatic carbocycles. The first-order chi connectivity index (χ1) is 13.2. The summed E-state index contributed by atoms with van der Waals surface area (Å²) < 4.78 is 7.57. The maximum atomic E-state index is 5.27. The number of nitrogens with zero attached hydrogens (tertiary/aromatic N) is 4. The van der Waals surface area contributed by atoms with Gasteiger partial charge in [-0.05, 0) is 63.5 Å². The maximum Gasteiger partial charge on any atom is 0.191 e. The van der Waals surface area contributed by atoms with Crippen LogP contribution in [0.5, 0.6) is 5.75 Å². The van der Waals surface area contributed by atoms with Crippen LogP contribution in [0.1, 0.15) is 45.4 Å². The number of unbranched alkanes of at least 4 members (excludes halogenated alkanes) is 1. The highest BCUT2D eigenvalue weighted by atomic mass is 32.2. The van der Waals surface area contributed by atoms with Gasteiger partial charge in [0, 0.05) is 23.9 Å². The molecule has 3 rings (SSSR count). The second-order valence-corrected chi connectivity index (χ2v) is 8.37. The van der Waals surface area contributed by atoms with Crippen molar-refractivity contribution in [3.05, 3.63) is 24.3 Å². The smallest absolute Gasteiger partial charge is 0.191 e. The quantitative estimate of drug-likeness (QED) is 0.582. The largest absolute Gasteiger partial charge is 0.497 e. The minimum Gasteiger partial charge on any atom is -0.497 e. The van der Waals surface area contributed by atoms with Crippen LogP contribution in [-0.4, -0.2) is 52.2 Å². The van der Waals surface area contributed by atoms with E-state index in [1.54, 1.807) is 7.11 Å². The Hall–Kier alpha value is -1.53. The van der Waals surface area contributed by atoms with E-state index in [2.05, 4.69) is 45.8 Å². The van der Waals surface area contributed by atoms with E-state index in [1.807, 2.05) is 23.9 Å². The third-order valence-corrected chi connectivity index (χ3v) is 6.40. The van der Waals surface area contributed by atoms with Gasteiger partial charge in [0.05, 0.1) is 7.11 Å². The van der Waals surface area contributed by atoms with Crippen molar-refractivity contribution in [2.45, 2.75) is 63.2 Å². The lowest BCUT2D eigenvalue weighted by molar-refractivity contribution is 0.182. The van der Waals surface area contributed by atoms with Gasteiger partial charge in [-0.1, -0.05) is 31.5 Å². The summed E-state index contributed by atoms with van der Waals surface area (Å²) in [6.07, 6.45) is 7.57. The normalized spacial score (nSPS) is 18.0. The first kappa shape index (κ1) is 20.2. The first-order valence-corrected chi connectivity index (χ1v) is 11.1. The van der Waals surface area contributed by atoms with Gasteiger partial charge in [0.1, 0.15) is 5.75 Å². The molecule has 6 heteroatoms. The number of piperidine rings is 1. The summed E-state index contributed by atoms with van der Waals surface area (Å²) in [6.45, 7) is 4.43. The van der Waals surface area contributed by atoms with Gasteiger partial charge in [0.25, 0.3) is 0 Å². The Morgan fingerprint density at radius 2 is 2.00 bits per heavy atom. The van der Waals surface area contributed by atoms with E-state index >= 15 is 0 Å². The van der Waals surface area contributed by atoms with E-state index < -0.39 is 0 Å². The Morgan fingerprint density at radius 3 is 2.70 bits per heavy atom. The molecule has 1 aliphatic heterocycles. The third-order valence-electron chi connectivity index (χ3n) is 5.40. The standard InChI is InChI=1S/C21H32N4OS/c1-4-5-15-25-20(17-9-11-19(26-3)12-10-17)22-23-21(25)27-16-13-18-8-6-7-14-24(18)2/h9-12,18H,4-8,13-16H2,1-3H3. The highest BCUT2D eigenvalue weighted by Crippen LogP contribution is 2.28. The molecule has 1 atom stereocenters. The lowest BCUT2D eigenvalue weighted by Crippen LogP contribution is -2.36. The average molecular weight is 389 g/mol. The van der Waals surface area contributed by atoms with Crippen molar-refractivity contribution in [2.75, 3.05) is 26.5 Å². The SMILES string of the molecule is CCCCn1c(SCCC2CCCCN2C)nnc1-c1ccc(OC)cc1. The Morgan fingerprint density at radius 1 is 1.19 bits per heavy atom. The molecule has 0 radical (unpaired) electrons. The second-order valence-electron chi connectivity index (χ2n) is 7.31. The fourth-order valence-corrected chi connectivity index (χ4v) is 4.67. The van der Waals surface area contributed by atoms with E-state index in [0.717, 1.165) is 53.5 Å². The van der Waals surface area contributed by atoms with Crippen LogP contribution in [-0.2, 0) is 6.54 Å². The molecule has 1 aromatic heterocycles. The molecule has 0 saturated carbocycles. The van der Waals surface area contributed by atoms with Crippen molar-refractivity contribution in [3.63, 3.8) is 0 Å². The van der Waals surface area contributed by atoms with Gasteiger partial charge in [-0.15, -0.1) is 10.2 Å². The van der Waals surface area contributed by atoms with Gasteiger partial charge in [0.15, 0.2) is 11.0 Å². The molecule has 1 unspecified atom stereocenters. The second kappa shape index (κ2) is 10.1. The highest BCUT2D eigenvalue weighted by Gasteiger charge is 2.19. The summed E-state index contributed by atoms with van der Waals surface area (Å²) in [5.74, 6) is 2.93. The zero-order valence-electron chi connectivity index (χ0n) is 16.9. The molecule has 2 aromatic rings. The van der Waals surface area contributed by atoms with Crippen LogP contribution < -0.4 is 4.74 Å². The molecule has 1 saturated heterocycles. The number of aromatic nitrogens is 3. The molecular weight excluding hydrogens is 356 g/mol. The minimum atomic E-state index is 0.722. The van der Waals surface area contributed by atoms with Crippen molar-refractivity contribution >= 4 is 11.8 Å². The topological polar surface area (TPSA) is 43.2 Å². The number of rotatable bonds is 9. The van der Waals surface area contributed by atoms with Crippen LogP contribution in [0.25, 0.3) is 11.4 Å². The molecule has 1 aromatic carbocycles. The molecule has 5 nitrogen and oxygen atoms in total. The van der Waals surface area contributed by atoms with Crippen LogP contribution in [0.4, 0.5) is 0 Å². The van der Waals surface area contributed by atoms with E-state index in [1.165, 1.54) is 32.2 Å². The van der Waals surface area contributed by atoms with Crippen LogP contribution in [0.3, 0.4) is 0 Å². The molecule has 2 heterocycles. The van der Waals surface area contributed by atoms with E-state index in [4.69, 9.17) is 4.74 Å². The summed E-state index contributed by atoms with van der Waals surface area (Å²) >= 11 is 1.85. The van der Waals surface area contributed by atoms with Gasteiger partial charge in [-0.25, -0.2) is 0 Å². The number of benzene rings is 1. The van der Waals surface area contributed by atoms with Gasteiger partial charge in [0.2, 0.25) is 0 Å². The molecule has 0 N–H and O–H groups in total. The third kappa shape index (κ3) is 5.26. The number of hydrogen-bond donors (Lipinski definition) is 0. The number of likely N-dealkylation sites (tertiary alicyclic amines) is 1. The number of methoxy groups -OCH3 is 1. The van der Waals surface area contributed by atoms with Crippen LogP contribution in [0, 0.1) is 0 Å². The summed E-state index contributed by atoms with van der Waals surface area (Å²) in [5, 5.41) is 10.1. The molecule has 27 heavy (non-hydrogen) atoms. The first-order valence-electron chi connectivity index (χ1n) is 10.1. The minimum absolute atomic E-state index is 0.722. The molecule has 0 spiro atoms. The van der Waals surface area contributed by atoms with Gasteiger partial charge < -0.3 is 14.2 Å². The Kier molecular flexibility index (Phi) is 7.59. The van der Waals surface area contributed by atoms with Crippen molar-refractivity contribution in [1.29, 1.82) is 0 Å². The highest BCUT2D eigenvalue weighted by molar-refractivity contribution is 7.99. The van der Waals surface area contributed by atoms with E-state index in [9.17, 15) is 0 Å². The summed E-state index contributed by atoms with van der Waals surface area (Å²) in [4.78, 5) is 2.52. The summed E-state index contributed by atoms with van der Waals surface area (Å²) in [7, 11) is 3.96. The molecular formula is C21H32N4OS. The predicted molar refractivity (Wildman–Crippen MR) is 113 cm³/mol.